The van der Waals surface area contributed by atoms with E-state index in [1.807, 2.05) is 27.7 Å². The minimum atomic E-state index is 0.722. The van der Waals surface area contributed by atoms with E-state index in [1.54, 1.807) is 0 Å². The van der Waals surface area contributed by atoms with Gasteiger partial charge in [-0.05, 0) is 30.1 Å². The molecule has 1 aliphatic rings. The van der Waals surface area contributed by atoms with Crippen LogP contribution in [-0.4, -0.2) is 0 Å². The smallest absolute Gasteiger partial charge is 0.0251 e. The van der Waals surface area contributed by atoms with Gasteiger partial charge in [-0.1, -0.05) is 61.8 Å². The highest BCUT2D eigenvalue weighted by Gasteiger charge is 2.41. The number of hydrogen-bond donors (Lipinski definition) is 0. The largest absolute Gasteiger partial charge is 0.0683 e. The summed E-state index contributed by atoms with van der Waals surface area (Å²) in [5, 5.41) is 0. The maximum atomic E-state index is 2.37. The van der Waals surface area contributed by atoms with Crippen LogP contribution in [0.1, 0.15) is 74.7 Å². The topological polar surface area (TPSA) is 0 Å². The fraction of sp³-hybridized carbons (Fsp3) is 1.00. The van der Waals surface area contributed by atoms with Crippen molar-refractivity contribution in [2.24, 2.45) is 17.3 Å². The van der Waals surface area contributed by atoms with Crippen LogP contribution < -0.4 is 0 Å². The molecule has 0 aromatic heterocycles. The highest BCUT2D eigenvalue weighted by molar-refractivity contribution is 4.92. The maximum absolute atomic E-state index is 2.37. The summed E-state index contributed by atoms with van der Waals surface area (Å²) in [5.74, 6) is 1.78. The Labute approximate surface area is 92.5 Å². The summed E-state index contributed by atoms with van der Waals surface area (Å²) in [6, 6.07) is 0. The fourth-order valence-electron chi connectivity index (χ4n) is 2.41. The van der Waals surface area contributed by atoms with Crippen molar-refractivity contribution < 1.29 is 0 Å². The molecule has 0 unspecified atom stereocenters. The second-order valence-corrected chi connectivity index (χ2v) is 4.40. The van der Waals surface area contributed by atoms with Gasteiger partial charge in [-0.2, -0.15) is 0 Å². The van der Waals surface area contributed by atoms with Crippen molar-refractivity contribution in [1.82, 2.24) is 0 Å². The zero-order valence-electron chi connectivity index (χ0n) is 11.8. The molecule has 1 saturated carbocycles. The van der Waals surface area contributed by atoms with Gasteiger partial charge in [-0.25, -0.2) is 0 Å². The minimum Gasteiger partial charge on any atom is -0.0683 e. The molecule has 0 nitrogen and oxygen atoms in total. The summed E-state index contributed by atoms with van der Waals surface area (Å²) in [4.78, 5) is 0. The normalized spacial score (nSPS) is 17.6. The summed E-state index contributed by atoms with van der Waals surface area (Å²) in [6.07, 6.45) is 4.42. The van der Waals surface area contributed by atoms with Gasteiger partial charge < -0.3 is 0 Å². The molecule has 0 aliphatic heterocycles. The molecule has 1 aliphatic carbocycles. The predicted molar refractivity (Wildman–Crippen MR) is 68.7 cm³/mol. The maximum Gasteiger partial charge on any atom is -0.0251 e. The Balaban J connectivity index is 0. The summed E-state index contributed by atoms with van der Waals surface area (Å²) in [7, 11) is 0. The quantitative estimate of drug-likeness (QED) is 0.550. The Bertz CT molecular complexity index is 97.2. The van der Waals surface area contributed by atoms with Gasteiger partial charge in [-0.3, -0.25) is 0 Å². The van der Waals surface area contributed by atoms with Crippen LogP contribution in [0.25, 0.3) is 0 Å². The summed E-state index contributed by atoms with van der Waals surface area (Å²) >= 11 is 0. The van der Waals surface area contributed by atoms with E-state index in [1.165, 1.54) is 19.3 Å². The molecule has 0 aromatic rings. The molecule has 0 aromatic carbocycles. The van der Waals surface area contributed by atoms with Gasteiger partial charge in [0.15, 0.2) is 0 Å². The molecule has 88 valence electrons. The van der Waals surface area contributed by atoms with E-state index < -0.39 is 0 Å². The number of hydrogen-bond acceptors (Lipinski definition) is 0. The first-order valence-electron chi connectivity index (χ1n) is 6.59. The second-order valence-electron chi connectivity index (χ2n) is 4.40. The summed E-state index contributed by atoms with van der Waals surface area (Å²) in [6.45, 7) is 17.5. The van der Waals surface area contributed by atoms with Crippen molar-refractivity contribution >= 4 is 0 Å². The Morgan fingerprint density at radius 3 is 1.00 bits per heavy atom. The number of rotatable bonds is 2. The lowest BCUT2D eigenvalue weighted by molar-refractivity contribution is 0.0135. The highest BCUT2D eigenvalue weighted by Crippen LogP contribution is 2.52. The zero-order valence-corrected chi connectivity index (χ0v) is 11.8. The van der Waals surface area contributed by atoms with Crippen LogP contribution in [-0.2, 0) is 0 Å². The first kappa shape index (κ1) is 16.4. The van der Waals surface area contributed by atoms with E-state index in [4.69, 9.17) is 0 Å². The molecule has 1 rings (SSSR count). The lowest BCUT2D eigenvalue weighted by atomic mass is 9.56. The average Bonchev–Trinajstić information content (AvgIpc) is 2.08. The van der Waals surface area contributed by atoms with Crippen LogP contribution in [0.3, 0.4) is 0 Å². The van der Waals surface area contributed by atoms with E-state index in [2.05, 4.69) is 27.7 Å². The summed E-state index contributed by atoms with van der Waals surface area (Å²) in [5.41, 5.74) is 0.722. The Morgan fingerprint density at radius 2 is 1.00 bits per heavy atom. The Hall–Kier alpha value is 0. The molecule has 0 heterocycles. The Kier molecular flexibility index (Phi) is 9.76. The van der Waals surface area contributed by atoms with Crippen LogP contribution in [0.2, 0.25) is 0 Å². The van der Waals surface area contributed by atoms with Crippen LogP contribution in [0, 0.1) is 17.3 Å². The van der Waals surface area contributed by atoms with E-state index in [-0.39, 0.29) is 0 Å². The van der Waals surface area contributed by atoms with Gasteiger partial charge in [0.1, 0.15) is 0 Å². The molecule has 14 heavy (non-hydrogen) atoms. The SMILES string of the molecule is CC.CC.CC(C)C1(C(C)C)CCC1. The van der Waals surface area contributed by atoms with Crippen molar-refractivity contribution in [2.75, 3.05) is 0 Å². The fourth-order valence-corrected chi connectivity index (χ4v) is 2.41. The summed E-state index contributed by atoms with van der Waals surface area (Å²) < 4.78 is 0. The molecular formula is C14H32. The molecule has 0 radical (unpaired) electrons. The van der Waals surface area contributed by atoms with Crippen LogP contribution in [0.5, 0.6) is 0 Å². The average molecular weight is 200 g/mol. The lowest BCUT2D eigenvalue weighted by Crippen LogP contribution is -2.39. The van der Waals surface area contributed by atoms with Gasteiger partial charge in [0.05, 0.1) is 0 Å². The van der Waals surface area contributed by atoms with Crippen molar-refractivity contribution in [1.29, 1.82) is 0 Å². The van der Waals surface area contributed by atoms with E-state index in [0.29, 0.717) is 0 Å². The molecule has 0 bridgehead atoms. The molecule has 0 N–H and O–H groups in total. The molecule has 0 saturated heterocycles. The lowest BCUT2D eigenvalue weighted by Gasteiger charge is -2.49. The molecule has 0 heteroatoms. The van der Waals surface area contributed by atoms with Crippen LogP contribution in [0.4, 0.5) is 0 Å². The standard InChI is InChI=1S/C10H20.2C2H6/c1-8(2)10(9(3)4)6-5-7-10;2*1-2/h8-9H,5-7H2,1-4H3;2*1-2H3. The molecular weight excluding hydrogens is 168 g/mol. The zero-order chi connectivity index (χ0) is 11.8. The van der Waals surface area contributed by atoms with E-state index >= 15 is 0 Å². The Morgan fingerprint density at radius 1 is 0.714 bits per heavy atom. The third kappa shape index (κ3) is 3.63. The van der Waals surface area contributed by atoms with Crippen LogP contribution >= 0.6 is 0 Å². The monoisotopic (exact) mass is 200 g/mol. The van der Waals surface area contributed by atoms with Crippen molar-refractivity contribution in [3.8, 4) is 0 Å². The molecule has 0 atom stereocenters. The van der Waals surface area contributed by atoms with Crippen molar-refractivity contribution in [3.63, 3.8) is 0 Å². The van der Waals surface area contributed by atoms with Gasteiger partial charge in [0.2, 0.25) is 0 Å². The van der Waals surface area contributed by atoms with Gasteiger partial charge in [0, 0.05) is 0 Å². The molecule has 0 amide bonds. The highest BCUT2D eigenvalue weighted by atomic mass is 14.5. The van der Waals surface area contributed by atoms with Crippen LogP contribution in [0.15, 0.2) is 0 Å². The van der Waals surface area contributed by atoms with Gasteiger partial charge in [-0.15, -0.1) is 0 Å². The minimum absolute atomic E-state index is 0.722. The molecule has 0 spiro atoms. The van der Waals surface area contributed by atoms with Crippen molar-refractivity contribution in [3.05, 3.63) is 0 Å². The predicted octanol–water partition coefficient (Wildman–Crippen LogP) is 5.52. The van der Waals surface area contributed by atoms with E-state index in [0.717, 1.165) is 17.3 Å². The first-order valence-corrected chi connectivity index (χ1v) is 6.59. The van der Waals surface area contributed by atoms with Gasteiger partial charge >= 0.3 is 0 Å². The third-order valence-corrected chi connectivity index (χ3v) is 3.58. The first-order chi connectivity index (χ1) is 6.59. The van der Waals surface area contributed by atoms with Crippen molar-refractivity contribution in [2.45, 2.75) is 74.7 Å². The van der Waals surface area contributed by atoms with E-state index in [9.17, 15) is 0 Å². The third-order valence-electron chi connectivity index (χ3n) is 3.58. The molecule has 1 fully saturated rings. The van der Waals surface area contributed by atoms with Gasteiger partial charge in [0.25, 0.3) is 0 Å². The second kappa shape index (κ2) is 8.32.